The highest BCUT2D eigenvalue weighted by Crippen LogP contribution is 2.27. The van der Waals surface area contributed by atoms with Crippen LogP contribution in [0.5, 0.6) is 0 Å². The van der Waals surface area contributed by atoms with Crippen molar-refractivity contribution in [2.45, 2.75) is 32.8 Å². The highest BCUT2D eigenvalue weighted by Gasteiger charge is 2.19. The van der Waals surface area contributed by atoms with E-state index in [9.17, 15) is 5.11 Å². The van der Waals surface area contributed by atoms with Crippen molar-refractivity contribution in [3.8, 4) is 0 Å². The average Bonchev–Trinajstić information content (AvgIpc) is 1.94. The molecule has 0 radical (unpaired) electrons. The van der Waals surface area contributed by atoms with Crippen LogP contribution in [0, 0.1) is 5.92 Å². The van der Waals surface area contributed by atoms with Gasteiger partial charge in [0.15, 0.2) is 0 Å². The summed E-state index contributed by atoms with van der Waals surface area (Å²) in [4.78, 5) is 0. The lowest BCUT2D eigenvalue weighted by Gasteiger charge is -2.24. The second kappa shape index (κ2) is 3.22. The summed E-state index contributed by atoms with van der Waals surface area (Å²) in [6.45, 7) is 7.61. The van der Waals surface area contributed by atoms with E-state index in [4.69, 9.17) is 1.37 Å². The maximum atomic E-state index is 9.62. The van der Waals surface area contributed by atoms with Gasteiger partial charge in [0.25, 0.3) is 0 Å². The molecule has 1 nitrogen and oxygen atoms in total. The summed E-state index contributed by atoms with van der Waals surface area (Å²) in [6.07, 6.45) is 1.99. The van der Waals surface area contributed by atoms with Gasteiger partial charge in [-0.3, -0.25) is 0 Å². The minimum atomic E-state index is -1.36. The third-order valence-electron chi connectivity index (χ3n) is 2.30. The monoisotopic (exact) mass is 153 g/mol. The molecule has 0 spiro atoms. The van der Waals surface area contributed by atoms with Gasteiger partial charge in [-0.15, -0.1) is 0 Å². The molecule has 1 aliphatic rings. The first-order chi connectivity index (χ1) is 5.43. The van der Waals surface area contributed by atoms with Crippen molar-refractivity contribution in [1.82, 2.24) is 0 Å². The molecule has 0 saturated heterocycles. The largest absolute Gasteiger partial charge is 0.389 e. The van der Waals surface area contributed by atoms with Crippen LogP contribution in [0.2, 0.25) is 0 Å². The summed E-state index contributed by atoms with van der Waals surface area (Å²) < 4.78 is 7.60. The van der Waals surface area contributed by atoms with Crippen molar-refractivity contribution in [1.29, 1.82) is 0 Å². The number of aliphatic hydroxyl groups is 1. The molecule has 1 N–H and O–H groups in total. The van der Waals surface area contributed by atoms with E-state index in [1.807, 2.05) is 19.9 Å². The Labute approximate surface area is 69.8 Å². The lowest BCUT2D eigenvalue weighted by atomic mass is 9.84. The fourth-order valence-electron chi connectivity index (χ4n) is 1.29. The lowest BCUT2D eigenvalue weighted by molar-refractivity contribution is 0.174. The molecule has 1 rings (SSSR count). The predicted molar refractivity (Wildman–Crippen MR) is 47.3 cm³/mol. The highest BCUT2D eigenvalue weighted by molar-refractivity contribution is 5.14. The van der Waals surface area contributed by atoms with E-state index < -0.39 is 6.08 Å². The van der Waals surface area contributed by atoms with Gasteiger partial charge in [-0.1, -0.05) is 18.2 Å². The molecule has 0 aliphatic heterocycles. The van der Waals surface area contributed by atoms with E-state index >= 15 is 0 Å². The summed E-state index contributed by atoms with van der Waals surface area (Å²) in [5.41, 5.74) is 1.82. The van der Waals surface area contributed by atoms with Gasteiger partial charge in [-0.25, -0.2) is 0 Å². The average molecular weight is 153 g/mol. The maximum absolute atomic E-state index is 9.62. The Morgan fingerprint density at radius 3 is 3.00 bits per heavy atom. The second-order valence-corrected chi connectivity index (χ2v) is 3.32. The molecule has 0 aromatic heterocycles. The maximum Gasteiger partial charge on any atom is 0.0753 e. The van der Waals surface area contributed by atoms with Crippen LogP contribution in [-0.2, 0) is 0 Å². The zero-order valence-corrected chi connectivity index (χ0v) is 7.22. The molecule has 1 heteroatoms. The van der Waals surface area contributed by atoms with Crippen molar-refractivity contribution < 1.29 is 6.48 Å². The Morgan fingerprint density at radius 1 is 1.91 bits per heavy atom. The predicted octanol–water partition coefficient (Wildman–Crippen LogP) is 2.28. The van der Waals surface area contributed by atoms with Gasteiger partial charge in [-0.05, 0) is 38.2 Å². The minimum Gasteiger partial charge on any atom is -0.389 e. The molecule has 0 unspecified atom stereocenters. The number of hydrogen-bond acceptors (Lipinski definition) is 1. The first-order valence-corrected chi connectivity index (χ1v) is 3.98. The van der Waals surface area contributed by atoms with Gasteiger partial charge in [-0.2, -0.15) is 0 Å². The zero-order valence-electron chi connectivity index (χ0n) is 8.22. The fourth-order valence-corrected chi connectivity index (χ4v) is 1.29. The molecular weight excluding hydrogens is 136 g/mol. The van der Waals surface area contributed by atoms with Gasteiger partial charge < -0.3 is 5.11 Å². The number of hydrogen-bond donors (Lipinski definition) is 1. The van der Waals surface area contributed by atoms with E-state index in [-0.39, 0.29) is 5.92 Å². The van der Waals surface area contributed by atoms with Crippen molar-refractivity contribution in [2.75, 3.05) is 0 Å². The van der Waals surface area contributed by atoms with Crippen molar-refractivity contribution in [2.24, 2.45) is 5.92 Å². The summed E-state index contributed by atoms with van der Waals surface area (Å²) >= 11 is 0. The first-order valence-electron chi connectivity index (χ1n) is 4.48. The SMILES string of the molecule is [2H][C@]1(O)C[C@H](C(=C)C)CC=C1C. The second-order valence-electron chi connectivity index (χ2n) is 3.32. The Balaban J connectivity index is 2.79. The molecule has 1 aliphatic carbocycles. The molecular formula is C10H16O. The third-order valence-corrected chi connectivity index (χ3v) is 2.30. The molecule has 0 saturated carbocycles. The van der Waals surface area contributed by atoms with Gasteiger partial charge in [0.2, 0.25) is 0 Å². The van der Waals surface area contributed by atoms with Crippen LogP contribution in [-0.4, -0.2) is 11.2 Å². The van der Waals surface area contributed by atoms with Gasteiger partial charge >= 0.3 is 0 Å². The van der Waals surface area contributed by atoms with Crippen molar-refractivity contribution in [3.63, 3.8) is 0 Å². The Kier molecular flexibility index (Phi) is 2.08. The zero-order chi connectivity index (χ0) is 9.35. The Morgan fingerprint density at radius 2 is 2.55 bits per heavy atom. The van der Waals surface area contributed by atoms with Gasteiger partial charge in [0.1, 0.15) is 0 Å². The number of allylic oxidation sites excluding steroid dienone is 2. The van der Waals surface area contributed by atoms with Crippen LogP contribution in [0.1, 0.15) is 28.1 Å². The van der Waals surface area contributed by atoms with Crippen LogP contribution in [0.15, 0.2) is 23.8 Å². The smallest absolute Gasteiger partial charge is 0.0753 e. The lowest BCUT2D eigenvalue weighted by Crippen LogP contribution is -2.19. The fraction of sp³-hybridized carbons (Fsp3) is 0.600. The molecule has 0 bridgehead atoms. The molecule has 62 valence electrons. The molecule has 11 heavy (non-hydrogen) atoms. The van der Waals surface area contributed by atoms with Crippen LogP contribution in [0.3, 0.4) is 0 Å². The van der Waals surface area contributed by atoms with Crippen molar-refractivity contribution in [3.05, 3.63) is 23.8 Å². The molecule has 0 fully saturated rings. The summed E-state index contributed by atoms with van der Waals surface area (Å²) in [5, 5.41) is 9.62. The van der Waals surface area contributed by atoms with E-state index in [1.54, 1.807) is 0 Å². The van der Waals surface area contributed by atoms with E-state index in [1.165, 1.54) is 0 Å². The minimum absolute atomic E-state index is 0.274. The molecule has 0 aromatic carbocycles. The Bertz CT molecular complexity index is 228. The summed E-state index contributed by atoms with van der Waals surface area (Å²) in [5.74, 6) is 0.274. The highest BCUT2D eigenvalue weighted by atomic mass is 16.3. The normalized spacial score (nSPS) is 39.4. The van der Waals surface area contributed by atoms with Gasteiger partial charge in [0.05, 0.1) is 7.45 Å². The standard InChI is InChI=1S/C10H16O/c1-7(2)9-5-4-8(3)10(11)6-9/h4,9-11H,1,5-6H2,2-3H3/t9-,10+/m1/s1/i10D. The molecule has 0 amide bonds. The quantitative estimate of drug-likeness (QED) is 0.573. The first kappa shape index (κ1) is 7.11. The third kappa shape index (κ3) is 1.93. The summed E-state index contributed by atoms with van der Waals surface area (Å²) in [6, 6.07) is 0. The van der Waals surface area contributed by atoms with E-state index in [2.05, 4.69) is 6.58 Å². The number of rotatable bonds is 1. The summed E-state index contributed by atoms with van der Waals surface area (Å²) in [7, 11) is 0. The van der Waals surface area contributed by atoms with Crippen LogP contribution >= 0.6 is 0 Å². The molecule has 0 heterocycles. The van der Waals surface area contributed by atoms with Crippen LogP contribution in [0.4, 0.5) is 0 Å². The Hall–Kier alpha value is -0.560. The van der Waals surface area contributed by atoms with E-state index in [0.717, 1.165) is 17.6 Å². The molecule has 2 atom stereocenters. The van der Waals surface area contributed by atoms with Gasteiger partial charge in [0, 0.05) is 0 Å². The van der Waals surface area contributed by atoms with E-state index in [0.29, 0.717) is 6.42 Å². The molecule has 0 aromatic rings. The van der Waals surface area contributed by atoms with Crippen LogP contribution < -0.4 is 0 Å². The topological polar surface area (TPSA) is 20.2 Å². The van der Waals surface area contributed by atoms with Crippen LogP contribution in [0.25, 0.3) is 0 Å². The van der Waals surface area contributed by atoms with Crippen molar-refractivity contribution >= 4 is 0 Å².